The number of amides is 1. The van der Waals surface area contributed by atoms with Crippen LogP contribution in [0.1, 0.15) is 36.4 Å². The van der Waals surface area contributed by atoms with Gasteiger partial charge in [-0.3, -0.25) is 9.78 Å². The topological polar surface area (TPSA) is 84.7 Å². The molecule has 0 aliphatic carbocycles. The predicted octanol–water partition coefficient (Wildman–Crippen LogP) is 2.17. The van der Waals surface area contributed by atoms with Crippen LogP contribution in [0.2, 0.25) is 0 Å². The molecule has 0 saturated carbocycles. The van der Waals surface area contributed by atoms with Crippen molar-refractivity contribution < 1.29 is 9.53 Å². The van der Waals surface area contributed by atoms with Crippen LogP contribution in [0.3, 0.4) is 0 Å². The first kappa shape index (κ1) is 22.9. The molecule has 1 fully saturated rings. The number of rotatable bonds is 8. The molecule has 1 amide bonds. The number of para-hydroxylation sites is 1. The van der Waals surface area contributed by atoms with Gasteiger partial charge in [-0.1, -0.05) is 24.3 Å². The molecule has 3 aromatic heterocycles. The molecule has 5 rings (SSSR count). The summed E-state index contributed by atoms with van der Waals surface area (Å²) in [6.07, 6.45) is 7.79. The van der Waals surface area contributed by atoms with Gasteiger partial charge in [-0.05, 0) is 42.1 Å². The first-order chi connectivity index (χ1) is 17.2. The monoisotopic (exact) mass is 468 g/mol. The van der Waals surface area contributed by atoms with E-state index in [0.29, 0.717) is 26.1 Å². The van der Waals surface area contributed by atoms with Crippen LogP contribution in [0.25, 0.3) is 5.65 Å². The number of hydrogen-bond acceptors (Lipinski definition) is 6. The Hall–Kier alpha value is -3.88. The number of aromatic nitrogens is 4. The van der Waals surface area contributed by atoms with Crippen molar-refractivity contribution in [2.45, 2.75) is 31.7 Å². The molecular weight excluding hydrogens is 439 g/mol. The summed E-state index contributed by atoms with van der Waals surface area (Å²) in [5, 5.41) is 8.01. The summed E-state index contributed by atoms with van der Waals surface area (Å²) in [7, 11) is 2.02. The second kappa shape index (κ2) is 10.6. The summed E-state index contributed by atoms with van der Waals surface area (Å²) in [6, 6.07) is 15.7. The standard InChI is InChI=1S/C26H29BN6O2/c27-22-17-30-33-24(29-16-19-6-4-11-28-15-19)14-23(31-26(22)33)20-7-5-12-32(18-20)25(34)10-13-35-21-8-2-1-3-9-21/h1-4,6,8-9,11,14-15,17,20,29H,5,7,10,12-13,16,18,27H2. The highest BCUT2D eigenvalue weighted by Crippen LogP contribution is 2.28. The average Bonchev–Trinajstić information content (AvgIpc) is 3.29. The van der Waals surface area contributed by atoms with Crippen molar-refractivity contribution in [3.63, 3.8) is 0 Å². The maximum absolute atomic E-state index is 12.9. The Morgan fingerprint density at radius 1 is 1.17 bits per heavy atom. The van der Waals surface area contributed by atoms with Crippen molar-refractivity contribution in [2.75, 3.05) is 25.0 Å². The first-order valence-electron chi connectivity index (χ1n) is 12.1. The van der Waals surface area contributed by atoms with Crippen LogP contribution in [-0.4, -0.2) is 57.9 Å². The summed E-state index contributed by atoms with van der Waals surface area (Å²) in [4.78, 5) is 24.0. The SMILES string of the molecule is Bc1cnn2c(NCc3cccnc3)cc(C3CCCN(C(=O)CCOc4ccccc4)C3)nc12. The number of nitrogens with zero attached hydrogens (tertiary/aromatic N) is 5. The van der Waals surface area contributed by atoms with Crippen molar-refractivity contribution in [1.82, 2.24) is 24.5 Å². The van der Waals surface area contributed by atoms with Gasteiger partial charge in [-0.2, -0.15) is 9.61 Å². The number of benzene rings is 1. The maximum Gasteiger partial charge on any atom is 0.226 e. The molecule has 4 aromatic rings. The van der Waals surface area contributed by atoms with Crippen LogP contribution in [0.5, 0.6) is 5.75 Å². The fraction of sp³-hybridized carbons (Fsp3) is 0.308. The summed E-state index contributed by atoms with van der Waals surface area (Å²) < 4.78 is 7.58. The van der Waals surface area contributed by atoms with Gasteiger partial charge >= 0.3 is 0 Å². The lowest BCUT2D eigenvalue weighted by molar-refractivity contribution is -0.132. The fourth-order valence-electron chi connectivity index (χ4n) is 4.50. The van der Waals surface area contributed by atoms with Crippen LogP contribution < -0.4 is 15.5 Å². The largest absolute Gasteiger partial charge is 0.493 e. The fourth-order valence-corrected chi connectivity index (χ4v) is 4.50. The Labute approximate surface area is 205 Å². The molecule has 178 valence electrons. The average molecular weight is 468 g/mol. The molecular formula is C26H29BN6O2. The molecule has 1 aliphatic heterocycles. The molecule has 1 saturated heterocycles. The second-order valence-corrected chi connectivity index (χ2v) is 8.93. The molecule has 4 heterocycles. The quantitative estimate of drug-likeness (QED) is 0.399. The zero-order valence-electron chi connectivity index (χ0n) is 19.9. The van der Waals surface area contributed by atoms with E-state index in [1.165, 1.54) is 0 Å². The smallest absolute Gasteiger partial charge is 0.226 e. The van der Waals surface area contributed by atoms with Gasteiger partial charge in [0.05, 0.1) is 18.7 Å². The third kappa shape index (κ3) is 5.45. The van der Waals surface area contributed by atoms with Crippen molar-refractivity contribution in [3.05, 3.63) is 78.4 Å². The summed E-state index contributed by atoms with van der Waals surface area (Å²) in [5.74, 6) is 1.99. The van der Waals surface area contributed by atoms with Gasteiger partial charge in [0.1, 0.15) is 19.4 Å². The Balaban J connectivity index is 1.28. The van der Waals surface area contributed by atoms with Gasteiger partial charge in [-0.15, -0.1) is 0 Å². The molecule has 9 heteroatoms. The van der Waals surface area contributed by atoms with E-state index in [9.17, 15) is 4.79 Å². The molecule has 8 nitrogen and oxygen atoms in total. The first-order valence-corrected chi connectivity index (χ1v) is 12.1. The lowest BCUT2D eigenvalue weighted by atomic mass is 9.93. The Bertz CT molecular complexity index is 1280. The molecule has 1 N–H and O–H groups in total. The zero-order chi connectivity index (χ0) is 24.0. The highest BCUT2D eigenvalue weighted by atomic mass is 16.5. The van der Waals surface area contributed by atoms with Gasteiger partial charge < -0.3 is 15.0 Å². The van der Waals surface area contributed by atoms with Crippen molar-refractivity contribution in [2.24, 2.45) is 0 Å². The van der Waals surface area contributed by atoms with E-state index in [-0.39, 0.29) is 11.8 Å². The molecule has 0 spiro atoms. The third-order valence-corrected chi connectivity index (χ3v) is 6.38. The van der Waals surface area contributed by atoms with Gasteiger partial charge in [0.25, 0.3) is 0 Å². The maximum atomic E-state index is 12.9. The van der Waals surface area contributed by atoms with E-state index in [1.54, 1.807) is 6.20 Å². The zero-order valence-corrected chi connectivity index (χ0v) is 19.9. The van der Waals surface area contributed by atoms with Crippen molar-refractivity contribution in [3.8, 4) is 5.75 Å². The van der Waals surface area contributed by atoms with Gasteiger partial charge in [0.15, 0.2) is 5.65 Å². The molecule has 1 unspecified atom stereocenters. The second-order valence-electron chi connectivity index (χ2n) is 8.93. The Morgan fingerprint density at radius 3 is 2.89 bits per heavy atom. The number of nitrogens with one attached hydrogen (secondary N) is 1. The lowest BCUT2D eigenvalue weighted by Gasteiger charge is -2.33. The molecule has 1 aliphatic rings. The van der Waals surface area contributed by atoms with E-state index in [2.05, 4.69) is 21.5 Å². The minimum absolute atomic E-state index is 0.127. The number of ether oxygens (including phenoxy) is 1. The normalized spacial score (nSPS) is 15.8. The van der Waals surface area contributed by atoms with E-state index in [1.807, 2.05) is 72.1 Å². The summed E-state index contributed by atoms with van der Waals surface area (Å²) in [5.41, 5.74) is 3.96. The van der Waals surface area contributed by atoms with Crippen molar-refractivity contribution >= 4 is 30.7 Å². The number of anilines is 1. The molecule has 1 aromatic carbocycles. The van der Waals surface area contributed by atoms with Crippen molar-refractivity contribution in [1.29, 1.82) is 0 Å². The van der Waals surface area contributed by atoms with Crippen LogP contribution >= 0.6 is 0 Å². The molecule has 0 bridgehead atoms. The van der Waals surface area contributed by atoms with Crippen LogP contribution in [0, 0.1) is 0 Å². The van der Waals surface area contributed by atoms with E-state index in [4.69, 9.17) is 9.72 Å². The number of fused-ring (bicyclic) bond motifs is 1. The molecule has 1 atom stereocenters. The summed E-state index contributed by atoms with van der Waals surface area (Å²) >= 11 is 0. The third-order valence-electron chi connectivity index (χ3n) is 6.38. The number of hydrogen-bond donors (Lipinski definition) is 1. The van der Waals surface area contributed by atoms with Crippen LogP contribution in [0.4, 0.5) is 5.82 Å². The van der Waals surface area contributed by atoms with Gasteiger partial charge in [-0.25, -0.2) is 4.98 Å². The highest BCUT2D eigenvalue weighted by molar-refractivity contribution is 6.36. The Kier molecular flexibility index (Phi) is 6.93. The van der Waals surface area contributed by atoms with E-state index in [0.717, 1.165) is 53.3 Å². The number of pyridine rings is 1. The summed E-state index contributed by atoms with van der Waals surface area (Å²) in [6.45, 7) is 2.47. The molecule has 0 radical (unpaired) electrons. The van der Waals surface area contributed by atoms with E-state index < -0.39 is 0 Å². The minimum atomic E-state index is 0.127. The van der Waals surface area contributed by atoms with Gasteiger partial charge in [0, 0.05) is 50.2 Å². The van der Waals surface area contributed by atoms with Crippen LogP contribution in [0.15, 0.2) is 67.1 Å². The van der Waals surface area contributed by atoms with E-state index >= 15 is 0 Å². The van der Waals surface area contributed by atoms with Crippen LogP contribution in [-0.2, 0) is 11.3 Å². The Morgan fingerprint density at radius 2 is 2.06 bits per heavy atom. The number of carbonyl (C=O) groups excluding carboxylic acids is 1. The lowest BCUT2D eigenvalue weighted by Crippen LogP contribution is -2.39. The number of piperidine rings is 1. The number of carbonyl (C=O) groups is 1. The predicted molar refractivity (Wildman–Crippen MR) is 138 cm³/mol. The number of likely N-dealkylation sites (tertiary alicyclic amines) is 1. The minimum Gasteiger partial charge on any atom is -0.493 e. The molecule has 35 heavy (non-hydrogen) atoms. The van der Waals surface area contributed by atoms with Gasteiger partial charge in [0.2, 0.25) is 5.91 Å². The highest BCUT2D eigenvalue weighted by Gasteiger charge is 2.26.